The Morgan fingerprint density at radius 2 is 1.67 bits per heavy atom. The maximum atomic E-state index is 9.63. The van der Waals surface area contributed by atoms with Crippen LogP contribution in [0.5, 0.6) is 5.95 Å². The number of benzene rings is 1. The fourth-order valence-corrected chi connectivity index (χ4v) is 1.86. The Balaban J connectivity index is 2.30. The van der Waals surface area contributed by atoms with Gasteiger partial charge in [0.15, 0.2) is 11.8 Å². The van der Waals surface area contributed by atoms with Gasteiger partial charge in [-0.05, 0) is 12.1 Å². The first-order chi connectivity index (χ1) is 8.65. The molecule has 0 saturated carbocycles. The summed E-state index contributed by atoms with van der Waals surface area (Å²) in [4.78, 5) is 8.55. The van der Waals surface area contributed by atoms with E-state index in [0.29, 0.717) is 16.6 Å². The maximum absolute atomic E-state index is 9.63. The highest BCUT2D eigenvalue weighted by atomic mass is 16.5. The standard InChI is InChI=1S/C12H10N2O4/c15-9(16)5-8-10-11(12(17)18-8)14-7-4-2-1-3-6(7)13-10/h1-4,9,15-17H,5H2. The molecular formula is C12H10N2O4. The van der Waals surface area contributed by atoms with E-state index in [1.165, 1.54) is 0 Å². The number of nitrogens with zero attached hydrogens (tertiary/aromatic N) is 2. The van der Waals surface area contributed by atoms with Gasteiger partial charge in [-0.15, -0.1) is 0 Å². The Morgan fingerprint density at radius 1 is 1.06 bits per heavy atom. The maximum Gasteiger partial charge on any atom is 0.311 e. The molecule has 6 nitrogen and oxygen atoms in total. The van der Waals surface area contributed by atoms with Crippen molar-refractivity contribution in [1.29, 1.82) is 0 Å². The zero-order valence-electron chi connectivity index (χ0n) is 9.24. The molecule has 0 aliphatic heterocycles. The van der Waals surface area contributed by atoms with Crippen molar-refractivity contribution >= 4 is 22.1 Å². The van der Waals surface area contributed by atoms with Crippen LogP contribution < -0.4 is 0 Å². The Bertz CT molecular complexity index is 720. The first-order valence-corrected chi connectivity index (χ1v) is 5.38. The Kier molecular flexibility index (Phi) is 2.39. The van der Waals surface area contributed by atoms with Crippen molar-refractivity contribution in [3.8, 4) is 5.95 Å². The second kappa shape index (κ2) is 3.94. The lowest BCUT2D eigenvalue weighted by Gasteiger charge is -2.00. The van der Waals surface area contributed by atoms with Crippen LogP contribution in [0.2, 0.25) is 0 Å². The number of aliphatic hydroxyl groups is 2. The highest BCUT2D eigenvalue weighted by molar-refractivity contribution is 5.89. The van der Waals surface area contributed by atoms with E-state index in [1.807, 2.05) is 12.1 Å². The van der Waals surface area contributed by atoms with Gasteiger partial charge in [0.25, 0.3) is 0 Å². The number of hydrogen-bond donors (Lipinski definition) is 3. The molecule has 3 rings (SSSR count). The van der Waals surface area contributed by atoms with E-state index >= 15 is 0 Å². The lowest BCUT2D eigenvalue weighted by Crippen LogP contribution is -2.07. The van der Waals surface area contributed by atoms with Crippen LogP contribution in [-0.2, 0) is 6.42 Å². The first kappa shape index (κ1) is 10.9. The highest BCUT2D eigenvalue weighted by Crippen LogP contribution is 2.30. The second-order valence-corrected chi connectivity index (χ2v) is 3.92. The van der Waals surface area contributed by atoms with E-state index in [-0.39, 0.29) is 23.6 Å². The number of fused-ring (bicyclic) bond motifs is 2. The van der Waals surface area contributed by atoms with Crippen LogP contribution in [0.25, 0.3) is 22.1 Å². The molecule has 6 heteroatoms. The van der Waals surface area contributed by atoms with Crippen LogP contribution in [0.4, 0.5) is 0 Å². The fraction of sp³-hybridized carbons (Fsp3) is 0.167. The molecule has 2 heterocycles. The minimum Gasteiger partial charge on any atom is -0.479 e. The third-order valence-electron chi connectivity index (χ3n) is 2.63. The van der Waals surface area contributed by atoms with Gasteiger partial charge >= 0.3 is 5.95 Å². The molecule has 0 atom stereocenters. The molecule has 18 heavy (non-hydrogen) atoms. The van der Waals surface area contributed by atoms with Gasteiger partial charge in [-0.1, -0.05) is 12.1 Å². The highest BCUT2D eigenvalue weighted by Gasteiger charge is 2.18. The summed E-state index contributed by atoms with van der Waals surface area (Å²) in [5.41, 5.74) is 1.86. The van der Waals surface area contributed by atoms with Gasteiger partial charge in [0.2, 0.25) is 0 Å². The minimum atomic E-state index is -1.56. The predicted octanol–water partition coefficient (Wildman–Crippen LogP) is 0.935. The molecule has 0 aliphatic rings. The van der Waals surface area contributed by atoms with Crippen molar-refractivity contribution in [2.24, 2.45) is 0 Å². The number of aromatic hydroxyl groups is 1. The molecule has 0 unspecified atom stereocenters. The smallest absolute Gasteiger partial charge is 0.311 e. The molecule has 3 N–H and O–H groups in total. The van der Waals surface area contributed by atoms with Crippen molar-refractivity contribution in [2.45, 2.75) is 12.7 Å². The number of rotatable bonds is 2. The predicted molar refractivity (Wildman–Crippen MR) is 62.9 cm³/mol. The van der Waals surface area contributed by atoms with Gasteiger partial charge in [0, 0.05) is 0 Å². The molecule has 3 aromatic rings. The fourth-order valence-electron chi connectivity index (χ4n) is 1.86. The second-order valence-electron chi connectivity index (χ2n) is 3.92. The van der Waals surface area contributed by atoms with Crippen LogP contribution >= 0.6 is 0 Å². The van der Waals surface area contributed by atoms with E-state index in [2.05, 4.69) is 9.97 Å². The summed E-state index contributed by atoms with van der Waals surface area (Å²) in [5.74, 6) is -0.158. The summed E-state index contributed by atoms with van der Waals surface area (Å²) in [6.07, 6.45) is -1.71. The third kappa shape index (κ3) is 1.68. The number of aliphatic hydroxyl groups excluding tert-OH is 1. The van der Waals surface area contributed by atoms with E-state index in [1.54, 1.807) is 12.1 Å². The Hall–Kier alpha value is -2.18. The summed E-state index contributed by atoms with van der Waals surface area (Å²) >= 11 is 0. The molecule has 2 aromatic heterocycles. The van der Waals surface area contributed by atoms with Crippen molar-refractivity contribution in [3.63, 3.8) is 0 Å². The zero-order valence-corrected chi connectivity index (χ0v) is 9.24. The van der Waals surface area contributed by atoms with E-state index < -0.39 is 6.29 Å². The van der Waals surface area contributed by atoms with Crippen LogP contribution in [-0.4, -0.2) is 31.6 Å². The molecule has 1 aromatic carbocycles. The summed E-state index contributed by atoms with van der Waals surface area (Å²) in [5, 5.41) is 27.5. The average Bonchev–Trinajstić information content (AvgIpc) is 2.63. The summed E-state index contributed by atoms with van der Waals surface area (Å²) in [6.45, 7) is 0. The van der Waals surface area contributed by atoms with Crippen LogP contribution in [0.3, 0.4) is 0 Å². The molecule has 0 bridgehead atoms. The minimum absolute atomic E-state index is 0.149. The number of aromatic nitrogens is 2. The number of furan rings is 1. The lowest BCUT2D eigenvalue weighted by molar-refractivity contribution is -0.0413. The van der Waals surface area contributed by atoms with E-state index in [9.17, 15) is 5.11 Å². The summed E-state index contributed by atoms with van der Waals surface area (Å²) < 4.78 is 5.06. The molecule has 92 valence electrons. The lowest BCUT2D eigenvalue weighted by atomic mass is 10.2. The molecule has 0 amide bonds. The molecule has 0 radical (unpaired) electrons. The van der Waals surface area contributed by atoms with E-state index in [0.717, 1.165) is 0 Å². The molecule has 0 fully saturated rings. The van der Waals surface area contributed by atoms with Gasteiger partial charge in [0.1, 0.15) is 11.3 Å². The van der Waals surface area contributed by atoms with Gasteiger partial charge in [0.05, 0.1) is 17.5 Å². The summed E-state index contributed by atoms with van der Waals surface area (Å²) in [7, 11) is 0. The Labute approximate surface area is 101 Å². The monoisotopic (exact) mass is 246 g/mol. The van der Waals surface area contributed by atoms with Crippen molar-refractivity contribution in [3.05, 3.63) is 30.0 Å². The Morgan fingerprint density at radius 3 is 2.28 bits per heavy atom. The molecule has 0 spiro atoms. The summed E-state index contributed by atoms with van der Waals surface area (Å²) in [6, 6.07) is 7.20. The van der Waals surface area contributed by atoms with Gasteiger partial charge in [-0.2, -0.15) is 0 Å². The zero-order chi connectivity index (χ0) is 12.7. The van der Waals surface area contributed by atoms with E-state index in [4.69, 9.17) is 14.6 Å². The van der Waals surface area contributed by atoms with Gasteiger partial charge in [-0.25, -0.2) is 9.97 Å². The quantitative estimate of drug-likeness (QED) is 0.582. The van der Waals surface area contributed by atoms with Crippen LogP contribution in [0.15, 0.2) is 28.7 Å². The molecule has 0 aliphatic carbocycles. The van der Waals surface area contributed by atoms with Crippen LogP contribution in [0.1, 0.15) is 5.76 Å². The normalized spacial score (nSPS) is 11.7. The van der Waals surface area contributed by atoms with Gasteiger partial charge < -0.3 is 19.7 Å². The number of para-hydroxylation sites is 2. The average molecular weight is 246 g/mol. The SMILES string of the molecule is Oc1oc(CC(O)O)c2nc3ccccc3nc12. The largest absolute Gasteiger partial charge is 0.479 e. The first-order valence-electron chi connectivity index (χ1n) is 5.38. The van der Waals surface area contributed by atoms with Crippen molar-refractivity contribution < 1.29 is 19.7 Å². The van der Waals surface area contributed by atoms with Crippen LogP contribution in [0, 0.1) is 0 Å². The third-order valence-corrected chi connectivity index (χ3v) is 2.63. The molecular weight excluding hydrogens is 236 g/mol. The topological polar surface area (TPSA) is 99.6 Å². The number of hydrogen-bond acceptors (Lipinski definition) is 6. The van der Waals surface area contributed by atoms with Gasteiger partial charge in [-0.3, -0.25) is 0 Å². The molecule has 0 saturated heterocycles. The van der Waals surface area contributed by atoms with Crippen molar-refractivity contribution in [1.82, 2.24) is 9.97 Å². The van der Waals surface area contributed by atoms with Crippen molar-refractivity contribution in [2.75, 3.05) is 0 Å².